The Labute approximate surface area is 101 Å². The van der Waals surface area contributed by atoms with Crippen LogP contribution in [0, 0.1) is 11.7 Å². The van der Waals surface area contributed by atoms with E-state index in [1.54, 1.807) is 12.1 Å². The maximum atomic E-state index is 12.6. The number of carbonyl (C=O) groups is 1. The van der Waals surface area contributed by atoms with Gasteiger partial charge in [-0.15, -0.1) is 0 Å². The fourth-order valence-electron chi connectivity index (χ4n) is 1.22. The van der Waals surface area contributed by atoms with E-state index >= 15 is 0 Å². The van der Waals surface area contributed by atoms with E-state index in [1.165, 1.54) is 12.1 Å². The summed E-state index contributed by atoms with van der Waals surface area (Å²) in [6.07, 6.45) is 0. The molecule has 0 aliphatic heterocycles. The molecule has 0 saturated heterocycles. The smallest absolute Gasteiger partial charge is 0.239 e. The first-order chi connectivity index (χ1) is 7.99. The molecule has 1 aromatic carbocycles. The molecule has 0 aromatic heterocycles. The number of amides is 1. The van der Waals surface area contributed by atoms with Crippen molar-refractivity contribution in [3.8, 4) is 0 Å². The van der Waals surface area contributed by atoms with Gasteiger partial charge < -0.3 is 10.6 Å². The number of nitrogens with one attached hydrogen (secondary N) is 2. The Morgan fingerprint density at radius 1 is 1.24 bits per heavy atom. The quantitative estimate of drug-likeness (QED) is 0.827. The molecule has 0 radical (unpaired) electrons. The van der Waals surface area contributed by atoms with Crippen molar-refractivity contribution in [3.05, 3.63) is 30.1 Å². The molecular weight excluding hydrogens is 219 g/mol. The van der Waals surface area contributed by atoms with E-state index in [-0.39, 0.29) is 24.3 Å². The first kappa shape index (κ1) is 13.5. The highest BCUT2D eigenvalue weighted by Gasteiger charge is 2.10. The number of halogens is 1. The molecule has 0 saturated carbocycles. The number of hydrogen-bond donors (Lipinski definition) is 2. The highest BCUT2D eigenvalue weighted by atomic mass is 19.1. The summed E-state index contributed by atoms with van der Waals surface area (Å²) in [5.74, 6) is 0.0636. The lowest BCUT2D eigenvalue weighted by molar-refractivity contribution is -0.120. The third kappa shape index (κ3) is 4.85. The van der Waals surface area contributed by atoms with Crippen LogP contribution in [0.1, 0.15) is 20.8 Å². The Kier molecular flexibility index (Phi) is 4.94. The van der Waals surface area contributed by atoms with E-state index in [0.717, 1.165) is 5.69 Å². The van der Waals surface area contributed by atoms with E-state index in [2.05, 4.69) is 24.5 Å². The molecule has 0 bridgehead atoms. The molecule has 2 N–H and O–H groups in total. The minimum absolute atomic E-state index is 0.0597. The van der Waals surface area contributed by atoms with Gasteiger partial charge in [-0.05, 0) is 37.1 Å². The Hall–Kier alpha value is -1.58. The van der Waals surface area contributed by atoms with Crippen molar-refractivity contribution in [2.24, 2.45) is 5.92 Å². The fraction of sp³-hybridized carbons (Fsp3) is 0.462. The topological polar surface area (TPSA) is 41.1 Å². The molecule has 0 heterocycles. The monoisotopic (exact) mass is 238 g/mol. The molecule has 0 aliphatic carbocycles. The van der Waals surface area contributed by atoms with Crippen molar-refractivity contribution in [2.45, 2.75) is 26.8 Å². The number of hydrogen-bond acceptors (Lipinski definition) is 2. The van der Waals surface area contributed by atoms with Gasteiger partial charge in [0.15, 0.2) is 0 Å². The minimum Gasteiger partial charge on any atom is -0.376 e. The van der Waals surface area contributed by atoms with Crippen molar-refractivity contribution in [1.29, 1.82) is 0 Å². The normalized spacial score (nSPS) is 12.3. The summed E-state index contributed by atoms with van der Waals surface area (Å²) in [5, 5.41) is 5.82. The van der Waals surface area contributed by atoms with Crippen LogP contribution in [0.4, 0.5) is 10.1 Å². The number of benzene rings is 1. The van der Waals surface area contributed by atoms with Crippen LogP contribution in [0.15, 0.2) is 24.3 Å². The molecule has 1 unspecified atom stereocenters. The molecular formula is C13H19FN2O. The van der Waals surface area contributed by atoms with Crippen LogP contribution in [0.3, 0.4) is 0 Å². The van der Waals surface area contributed by atoms with Crippen LogP contribution in [0.25, 0.3) is 0 Å². The molecule has 94 valence electrons. The van der Waals surface area contributed by atoms with Crippen LogP contribution >= 0.6 is 0 Å². The molecule has 0 spiro atoms. The first-order valence-electron chi connectivity index (χ1n) is 5.78. The van der Waals surface area contributed by atoms with E-state index in [4.69, 9.17) is 0 Å². The zero-order chi connectivity index (χ0) is 12.8. The van der Waals surface area contributed by atoms with Gasteiger partial charge in [0.1, 0.15) is 5.82 Å². The van der Waals surface area contributed by atoms with Crippen LogP contribution in [-0.2, 0) is 4.79 Å². The lowest BCUT2D eigenvalue weighted by Crippen LogP contribution is -2.39. The lowest BCUT2D eigenvalue weighted by Gasteiger charge is -2.17. The largest absolute Gasteiger partial charge is 0.376 e. The molecule has 1 amide bonds. The van der Waals surface area contributed by atoms with Crippen molar-refractivity contribution < 1.29 is 9.18 Å². The van der Waals surface area contributed by atoms with Gasteiger partial charge in [-0.3, -0.25) is 4.79 Å². The van der Waals surface area contributed by atoms with Crippen LogP contribution < -0.4 is 10.6 Å². The van der Waals surface area contributed by atoms with Gasteiger partial charge in [-0.1, -0.05) is 13.8 Å². The second-order valence-corrected chi connectivity index (χ2v) is 4.46. The van der Waals surface area contributed by atoms with E-state index in [0.29, 0.717) is 5.92 Å². The summed E-state index contributed by atoms with van der Waals surface area (Å²) in [7, 11) is 0. The molecule has 1 aromatic rings. The lowest BCUT2D eigenvalue weighted by atomic mass is 10.1. The summed E-state index contributed by atoms with van der Waals surface area (Å²) in [6.45, 7) is 6.28. The van der Waals surface area contributed by atoms with Crippen LogP contribution in [0.5, 0.6) is 0 Å². The standard InChI is InChI=1S/C13H19FN2O/c1-9(2)10(3)16-13(17)8-15-12-6-4-11(14)5-7-12/h4-7,9-10,15H,8H2,1-3H3,(H,16,17). The van der Waals surface area contributed by atoms with Gasteiger partial charge in [0.2, 0.25) is 5.91 Å². The van der Waals surface area contributed by atoms with Gasteiger partial charge in [-0.2, -0.15) is 0 Å². The van der Waals surface area contributed by atoms with E-state index < -0.39 is 0 Å². The Morgan fingerprint density at radius 3 is 2.35 bits per heavy atom. The number of anilines is 1. The fourth-order valence-corrected chi connectivity index (χ4v) is 1.22. The van der Waals surface area contributed by atoms with Crippen LogP contribution in [0.2, 0.25) is 0 Å². The summed E-state index contributed by atoms with van der Waals surface area (Å²) < 4.78 is 12.6. The minimum atomic E-state index is -0.284. The molecule has 0 fully saturated rings. The van der Waals surface area contributed by atoms with Crippen molar-refractivity contribution in [1.82, 2.24) is 5.32 Å². The summed E-state index contributed by atoms with van der Waals surface area (Å²) in [5.41, 5.74) is 0.735. The second kappa shape index (κ2) is 6.23. The van der Waals surface area contributed by atoms with Crippen molar-refractivity contribution in [3.63, 3.8) is 0 Å². The highest BCUT2D eigenvalue weighted by molar-refractivity contribution is 5.80. The molecule has 0 aliphatic rings. The Balaban J connectivity index is 2.35. The zero-order valence-corrected chi connectivity index (χ0v) is 10.5. The highest BCUT2D eigenvalue weighted by Crippen LogP contribution is 2.07. The van der Waals surface area contributed by atoms with Crippen molar-refractivity contribution >= 4 is 11.6 Å². The molecule has 4 heteroatoms. The van der Waals surface area contributed by atoms with Crippen molar-refractivity contribution in [2.75, 3.05) is 11.9 Å². The maximum absolute atomic E-state index is 12.6. The Morgan fingerprint density at radius 2 is 1.82 bits per heavy atom. The zero-order valence-electron chi connectivity index (χ0n) is 10.5. The number of rotatable bonds is 5. The molecule has 17 heavy (non-hydrogen) atoms. The Bertz CT molecular complexity index is 362. The molecule has 1 atom stereocenters. The predicted octanol–water partition coefficient (Wildman–Crippen LogP) is 2.40. The van der Waals surface area contributed by atoms with Gasteiger partial charge >= 0.3 is 0 Å². The molecule has 3 nitrogen and oxygen atoms in total. The third-order valence-electron chi connectivity index (χ3n) is 2.69. The molecule has 1 rings (SSSR count). The third-order valence-corrected chi connectivity index (χ3v) is 2.69. The average molecular weight is 238 g/mol. The maximum Gasteiger partial charge on any atom is 0.239 e. The summed E-state index contributed by atoms with van der Waals surface area (Å²) in [4.78, 5) is 11.6. The first-order valence-corrected chi connectivity index (χ1v) is 5.78. The average Bonchev–Trinajstić information content (AvgIpc) is 2.28. The number of carbonyl (C=O) groups excluding carboxylic acids is 1. The van der Waals surface area contributed by atoms with E-state index in [1.807, 2.05) is 6.92 Å². The van der Waals surface area contributed by atoms with Gasteiger partial charge in [0, 0.05) is 11.7 Å². The van der Waals surface area contributed by atoms with Crippen LogP contribution in [-0.4, -0.2) is 18.5 Å². The van der Waals surface area contributed by atoms with Gasteiger partial charge in [-0.25, -0.2) is 4.39 Å². The van der Waals surface area contributed by atoms with E-state index in [9.17, 15) is 9.18 Å². The summed E-state index contributed by atoms with van der Waals surface area (Å²) in [6, 6.07) is 6.08. The SMILES string of the molecule is CC(C)C(C)NC(=O)CNc1ccc(F)cc1. The second-order valence-electron chi connectivity index (χ2n) is 4.46. The van der Waals surface area contributed by atoms with Gasteiger partial charge in [0.05, 0.1) is 6.54 Å². The van der Waals surface area contributed by atoms with Gasteiger partial charge in [0.25, 0.3) is 0 Å². The predicted molar refractivity (Wildman–Crippen MR) is 67.3 cm³/mol. The summed E-state index contributed by atoms with van der Waals surface area (Å²) >= 11 is 0.